The number of rotatable bonds is 2. The summed E-state index contributed by atoms with van der Waals surface area (Å²) in [5, 5.41) is 18.9. The van der Waals surface area contributed by atoms with Gasteiger partial charge in [-0.2, -0.15) is 4.99 Å². The van der Waals surface area contributed by atoms with Gasteiger partial charge in [0.1, 0.15) is 11.3 Å². The van der Waals surface area contributed by atoms with Gasteiger partial charge in [-0.1, -0.05) is 12.1 Å². The predicted octanol–water partition coefficient (Wildman–Crippen LogP) is 1.47. The van der Waals surface area contributed by atoms with Gasteiger partial charge in [0, 0.05) is 12.8 Å². The fraction of sp³-hybridized carbons (Fsp3) is 0.417. The van der Waals surface area contributed by atoms with Crippen molar-refractivity contribution in [2.75, 3.05) is 0 Å². The zero-order chi connectivity index (χ0) is 11.8. The van der Waals surface area contributed by atoms with Gasteiger partial charge in [-0.25, -0.2) is 4.79 Å². The highest BCUT2D eigenvalue weighted by Crippen LogP contribution is 2.51. The van der Waals surface area contributed by atoms with Crippen molar-refractivity contribution in [2.24, 2.45) is 4.99 Å². The maximum Gasteiger partial charge on any atom is 0.235 e. The Morgan fingerprint density at radius 1 is 1.31 bits per heavy atom. The topological polar surface area (TPSA) is 69.9 Å². The molecule has 2 rings (SSSR count). The third-order valence-electron chi connectivity index (χ3n) is 3.01. The summed E-state index contributed by atoms with van der Waals surface area (Å²) in [4.78, 5) is 14.3. The summed E-state index contributed by atoms with van der Waals surface area (Å²) in [6.45, 7) is 1.71. The van der Waals surface area contributed by atoms with Crippen LogP contribution in [0.5, 0.6) is 5.75 Å². The molecule has 4 heteroatoms. The van der Waals surface area contributed by atoms with Crippen LogP contribution in [0.4, 0.5) is 0 Å². The molecule has 0 unspecified atom stereocenters. The molecular formula is C12H13NO3. The number of aliphatic imine (C=N–C) groups is 1. The number of isocyanates is 1. The highest BCUT2D eigenvalue weighted by atomic mass is 16.3. The molecule has 0 heterocycles. The Hall–Kier alpha value is -1.64. The summed E-state index contributed by atoms with van der Waals surface area (Å²) >= 11 is 0. The predicted molar refractivity (Wildman–Crippen MR) is 57.8 cm³/mol. The molecule has 1 aliphatic carbocycles. The van der Waals surface area contributed by atoms with Gasteiger partial charge in [0.2, 0.25) is 6.08 Å². The maximum atomic E-state index is 10.4. The fourth-order valence-corrected chi connectivity index (χ4v) is 2.42. The SMILES string of the molecule is CC1(O)CC(N=C=O)(c2ccc(O)cc2)C1. The van der Waals surface area contributed by atoms with Gasteiger partial charge < -0.3 is 10.2 Å². The Bertz CT molecular complexity index is 436. The average Bonchev–Trinajstić information content (AvgIpc) is 2.16. The molecule has 0 amide bonds. The van der Waals surface area contributed by atoms with E-state index >= 15 is 0 Å². The molecule has 1 saturated carbocycles. The first-order valence-corrected chi connectivity index (χ1v) is 5.08. The molecule has 1 aliphatic rings. The normalized spacial score (nSPS) is 32.6. The second-order valence-corrected chi connectivity index (χ2v) is 4.63. The molecule has 4 nitrogen and oxygen atoms in total. The molecule has 0 radical (unpaired) electrons. The molecule has 0 aliphatic heterocycles. The standard InChI is InChI=1S/C12H13NO3/c1-11(16)6-12(7-11,13-8-14)9-2-4-10(15)5-3-9/h2-5,15-16H,6-7H2,1H3. The Morgan fingerprint density at radius 3 is 2.31 bits per heavy atom. The van der Waals surface area contributed by atoms with Crippen LogP contribution in [0.25, 0.3) is 0 Å². The van der Waals surface area contributed by atoms with E-state index in [1.54, 1.807) is 37.3 Å². The van der Waals surface area contributed by atoms with E-state index in [1.807, 2.05) is 0 Å². The number of aromatic hydroxyl groups is 1. The molecule has 0 bridgehead atoms. The van der Waals surface area contributed by atoms with E-state index in [9.17, 15) is 15.0 Å². The van der Waals surface area contributed by atoms with Gasteiger partial charge in [-0.15, -0.1) is 0 Å². The number of hydrogen-bond acceptors (Lipinski definition) is 4. The zero-order valence-corrected chi connectivity index (χ0v) is 8.97. The van der Waals surface area contributed by atoms with E-state index in [1.165, 1.54) is 0 Å². The van der Waals surface area contributed by atoms with Crippen LogP contribution in [0.3, 0.4) is 0 Å². The van der Waals surface area contributed by atoms with E-state index in [0.717, 1.165) is 5.56 Å². The van der Waals surface area contributed by atoms with E-state index in [4.69, 9.17) is 0 Å². The molecule has 1 aromatic rings. The van der Waals surface area contributed by atoms with Crippen molar-refractivity contribution < 1.29 is 15.0 Å². The van der Waals surface area contributed by atoms with Crippen molar-refractivity contribution in [1.82, 2.24) is 0 Å². The maximum absolute atomic E-state index is 10.4. The van der Waals surface area contributed by atoms with Crippen molar-refractivity contribution >= 4 is 6.08 Å². The quantitative estimate of drug-likeness (QED) is 0.584. The van der Waals surface area contributed by atoms with E-state index in [-0.39, 0.29) is 5.75 Å². The lowest BCUT2D eigenvalue weighted by Gasteiger charge is -2.48. The largest absolute Gasteiger partial charge is 0.508 e. The van der Waals surface area contributed by atoms with Gasteiger partial charge >= 0.3 is 0 Å². The van der Waals surface area contributed by atoms with Crippen molar-refractivity contribution in [3.05, 3.63) is 29.8 Å². The van der Waals surface area contributed by atoms with Gasteiger partial charge in [0.15, 0.2) is 0 Å². The molecule has 1 fully saturated rings. The van der Waals surface area contributed by atoms with Crippen LogP contribution < -0.4 is 0 Å². The van der Waals surface area contributed by atoms with Crippen LogP contribution in [0.2, 0.25) is 0 Å². The van der Waals surface area contributed by atoms with Crippen LogP contribution in [0.15, 0.2) is 29.3 Å². The average molecular weight is 219 g/mol. The summed E-state index contributed by atoms with van der Waals surface area (Å²) in [6, 6.07) is 6.52. The lowest BCUT2D eigenvalue weighted by molar-refractivity contribution is -0.0727. The van der Waals surface area contributed by atoms with Gasteiger partial charge in [-0.05, 0) is 24.6 Å². The molecule has 0 aromatic heterocycles. The van der Waals surface area contributed by atoms with E-state index in [2.05, 4.69) is 4.99 Å². The second-order valence-electron chi connectivity index (χ2n) is 4.63. The molecule has 0 spiro atoms. The number of nitrogens with zero attached hydrogens (tertiary/aromatic N) is 1. The summed E-state index contributed by atoms with van der Waals surface area (Å²) in [5.74, 6) is 0.167. The minimum absolute atomic E-state index is 0.167. The smallest absolute Gasteiger partial charge is 0.235 e. The second kappa shape index (κ2) is 3.44. The Kier molecular flexibility index (Phi) is 2.34. The Balaban J connectivity index is 2.35. The van der Waals surface area contributed by atoms with Crippen LogP contribution in [-0.2, 0) is 10.3 Å². The van der Waals surface area contributed by atoms with Crippen LogP contribution in [-0.4, -0.2) is 21.9 Å². The number of hydrogen-bond donors (Lipinski definition) is 2. The molecule has 16 heavy (non-hydrogen) atoms. The number of phenolic OH excluding ortho intramolecular Hbond substituents is 1. The van der Waals surface area contributed by atoms with Crippen LogP contribution >= 0.6 is 0 Å². The van der Waals surface area contributed by atoms with Gasteiger partial charge in [0.25, 0.3) is 0 Å². The van der Waals surface area contributed by atoms with Gasteiger partial charge in [0.05, 0.1) is 5.60 Å². The van der Waals surface area contributed by atoms with E-state index in [0.29, 0.717) is 12.8 Å². The monoisotopic (exact) mass is 219 g/mol. The fourth-order valence-electron chi connectivity index (χ4n) is 2.42. The summed E-state index contributed by atoms with van der Waals surface area (Å²) < 4.78 is 0. The van der Waals surface area contributed by atoms with Crippen molar-refractivity contribution in [2.45, 2.75) is 30.9 Å². The van der Waals surface area contributed by atoms with Crippen LogP contribution in [0, 0.1) is 0 Å². The number of benzene rings is 1. The number of aliphatic hydroxyl groups is 1. The molecule has 84 valence electrons. The lowest BCUT2D eigenvalue weighted by atomic mass is 9.63. The molecule has 2 N–H and O–H groups in total. The summed E-state index contributed by atoms with van der Waals surface area (Å²) in [6.07, 6.45) is 2.37. The molecule has 0 saturated heterocycles. The number of carbonyl (C=O) groups excluding carboxylic acids is 1. The minimum Gasteiger partial charge on any atom is -0.508 e. The minimum atomic E-state index is -0.780. The Morgan fingerprint density at radius 2 is 1.88 bits per heavy atom. The summed E-state index contributed by atoms with van der Waals surface area (Å²) in [7, 11) is 0. The molecule has 0 atom stereocenters. The lowest BCUT2D eigenvalue weighted by Crippen LogP contribution is -2.51. The van der Waals surface area contributed by atoms with Gasteiger partial charge in [-0.3, -0.25) is 0 Å². The third kappa shape index (κ3) is 1.73. The first kappa shape index (κ1) is 10.9. The number of phenols is 1. The Labute approximate surface area is 93.3 Å². The van der Waals surface area contributed by atoms with Crippen molar-refractivity contribution in [1.29, 1.82) is 0 Å². The van der Waals surface area contributed by atoms with Crippen molar-refractivity contribution in [3.63, 3.8) is 0 Å². The molecular weight excluding hydrogens is 206 g/mol. The first-order chi connectivity index (χ1) is 7.47. The first-order valence-electron chi connectivity index (χ1n) is 5.08. The highest BCUT2D eigenvalue weighted by molar-refractivity contribution is 5.42. The van der Waals surface area contributed by atoms with Crippen molar-refractivity contribution in [3.8, 4) is 5.75 Å². The third-order valence-corrected chi connectivity index (χ3v) is 3.01. The molecule has 1 aromatic carbocycles. The van der Waals surface area contributed by atoms with E-state index < -0.39 is 11.1 Å². The highest BCUT2D eigenvalue weighted by Gasteiger charge is 2.52. The summed E-state index contributed by atoms with van der Waals surface area (Å²) in [5.41, 5.74) is -0.628. The van der Waals surface area contributed by atoms with Crippen LogP contribution in [0.1, 0.15) is 25.3 Å². The zero-order valence-electron chi connectivity index (χ0n) is 8.97.